The van der Waals surface area contributed by atoms with Crippen molar-refractivity contribution in [1.82, 2.24) is 9.13 Å². The van der Waals surface area contributed by atoms with Gasteiger partial charge >= 0.3 is 0 Å². The van der Waals surface area contributed by atoms with Gasteiger partial charge in [0.05, 0.1) is 6.17 Å². The van der Waals surface area contributed by atoms with E-state index in [1.807, 2.05) is 0 Å². The molecule has 104 valence electrons. The molecular weight excluding hydrogens is 236 g/mol. The Hall–Kier alpha value is 0.137. The van der Waals surface area contributed by atoms with Gasteiger partial charge in [-0.2, -0.15) is 0 Å². The lowest BCUT2D eigenvalue weighted by molar-refractivity contribution is 0.00695. The van der Waals surface area contributed by atoms with E-state index in [0.717, 1.165) is 18.2 Å². The van der Waals surface area contributed by atoms with Crippen LogP contribution < -0.4 is 0 Å². The van der Waals surface area contributed by atoms with E-state index in [1.54, 1.807) is 0 Å². The van der Waals surface area contributed by atoms with Crippen LogP contribution in [-0.4, -0.2) is 37.2 Å². The zero-order valence-corrected chi connectivity index (χ0v) is 13.5. The molecule has 3 rings (SSSR count). The highest BCUT2D eigenvalue weighted by atomic mass is 28.2. The fraction of sp³-hybridized carbons (Fsp3) is 1.00. The van der Waals surface area contributed by atoms with Crippen molar-refractivity contribution in [3.8, 4) is 0 Å². The van der Waals surface area contributed by atoms with Crippen LogP contribution in [0.4, 0.5) is 0 Å². The van der Waals surface area contributed by atoms with Crippen molar-refractivity contribution < 1.29 is 0 Å². The van der Waals surface area contributed by atoms with E-state index in [0.29, 0.717) is 0 Å². The average Bonchev–Trinajstić information content (AvgIpc) is 2.41. The molecule has 2 aliphatic carbocycles. The monoisotopic (exact) mass is 266 g/mol. The third kappa shape index (κ3) is 2.54. The third-order valence-corrected chi connectivity index (χ3v) is 8.07. The van der Waals surface area contributed by atoms with Crippen molar-refractivity contribution in [3.63, 3.8) is 0 Å². The Balaban J connectivity index is 1.56. The first-order valence-electron chi connectivity index (χ1n) is 8.41. The van der Waals surface area contributed by atoms with Crippen molar-refractivity contribution in [3.05, 3.63) is 0 Å². The summed E-state index contributed by atoms with van der Waals surface area (Å²) in [7, 11) is -0.0485. The van der Waals surface area contributed by atoms with E-state index in [1.165, 1.54) is 70.6 Å². The van der Waals surface area contributed by atoms with Crippen LogP contribution in [-0.2, 0) is 0 Å². The van der Waals surface area contributed by atoms with E-state index in [9.17, 15) is 0 Å². The Bertz CT molecular complexity index is 235. The van der Waals surface area contributed by atoms with Crippen LogP contribution in [0.5, 0.6) is 0 Å². The second-order valence-electron chi connectivity index (χ2n) is 6.64. The van der Waals surface area contributed by atoms with E-state index in [-0.39, 0.29) is 9.84 Å². The van der Waals surface area contributed by atoms with E-state index in [2.05, 4.69) is 16.1 Å². The highest BCUT2D eigenvalue weighted by Gasteiger charge is 2.42. The lowest BCUT2D eigenvalue weighted by Gasteiger charge is -2.58. The zero-order valence-electron chi connectivity index (χ0n) is 12.1. The molecule has 1 heterocycles. The number of hydrogen-bond donors (Lipinski definition) is 0. The van der Waals surface area contributed by atoms with Gasteiger partial charge in [0.2, 0.25) is 0 Å². The summed E-state index contributed by atoms with van der Waals surface area (Å²) in [6, 6.07) is 1.96. The summed E-state index contributed by atoms with van der Waals surface area (Å²) in [6.07, 6.45) is 17.2. The van der Waals surface area contributed by atoms with Crippen LogP contribution in [0.25, 0.3) is 0 Å². The van der Waals surface area contributed by atoms with Crippen LogP contribution in [0.15, 0.2) is 0 Å². The molecule has 2 nitrogen and oxygen atoms in total. The van der Waals surface area contributed by atoms with Gasteiger partial charge in [-0.1, -0.05) is 45.4 Å². The van der Waals surface area contributed by atoms with Crippen LogP contribution >= 0.6 is 0 Å². The van der Waals surface area contributed by atoms with Crippen LogP contribution in [0.3, 0.4) is 0 Å². The second-order valence-corrected chi connectivity index (χ2v) is 8.39. The van der Waals surface area contributed by atoms with Gasteiger partial charge < -0.3 is 0 Å². The SMILES string of the molecule is CCC1N(C2CCCCC2)[SiH2]N1C1CCCCC1. The van der Waals surface area contributed by atoms with Crippen LogP contribution in [0.1, 0.15) is 77.6 Å². The predicted octanol–water partition coefficient (Wildman–Crippen LogP) is 3.00. The minimum atomic E-state index is -0.0485. The maximum atomic E-state index is 2.97. The molecular formula is C15H30N2Si. The minimum Gasteiger partial charge on any atom is -0.299 e. The van der Waals surface area contributed by atoms with Gasteiger partial charge in [-0.05, 0) is 32.1 Å². The first-order valence-corrected chi connectivity index (χ1v) is 9.68. The molecule has 0 aromatic rings. The highest BCUT2D eigenvalue weighted by Crippen LogP contribution is 2.35. The smallest absolute Gasteiger partial charge is 0.175 e. The fourth-order valence-electron chi connectivity index (χ4n) is 4.48. The van der Waals surface area contributed by atoms with Crippen molar-refractivity contribution in [2.45, 2.75) is 95.8 Å². The van der Waals surface area contributed by atoms with Gasteiger partial charge in [0.25, 0.3) is 0 Å². The van der Waals surface area contributed by atoms with Gasteiger partial charge in [0.1, 0.15) is 0 Å². The van der Waals surface area contributed by atoms with E-state index >= 15 is 0 Å². The van der Waals surface area contributed by atoms with Gasteiger partial charge in [0, 0.05) is 12.1 Å². The van der Waals surface area contributed by atoms with Crippen molar-refractivity contribution in [2.75, 3.05) is 0 Å². The summed E-state index contributed by atoms with van der Waals surface area (Å²) in [4.78, 5) is 0. The summed E-state index contributed by atoms with van der Waals surface area (Å²) in [5, 5.41) is 0. The molecule has 2 saturated carbocycles. The molecule has 3 aliphatic rings. The van der Waals surface area contributed by atoms with E-state index < -0.39 is 0 Å². The summed E-state index contributed by atoms with van der Waals surface area (Å²) < 4.78 is 5.93. The average molecular weight is 267 g/mol. The number of nitrogens with zero attached hydrogens (tertiary/aromatic N) is 2. The van der Waals surface area contributed by atoms with Crippen molar-refractivity contribution in [2.24, 2.45) is 0 Å². The fourth-order valence-corrected chi connectivity index (χ4v) is 7.06. The lowest BCUT2D eigenvalue weighted by Crippen LogP contribution is -2.72. The molecule has 0 amide bonds. The summed E-state index contributed by atoms with van der Waals surface area (Å²) in [5.41, 5.74) is 0. The predicted molar refractivity (Wildman–Crippen MR) is 80.0 cm³/mol. The molecule has 0 N–H and O–H groups in total. The topological polar surface area (TPSA) is 6.48 Å². The molecule has 1 saturated heterocycles. The standard InChI is InChI=1S/C15H30N2Si/c1-2-15-16(13-9-5-3-6-10-13)18-17(15)14-11-7-4-8-12-14/h13-15H,2-12,18H2,1H3. The number of hydrogen-bond acceptors (Lipinski definition) is 2. The molecule has 0 spiro atoms. The quantitative estimate of drug-likeness (QED) is 0.725. The Kier molecular flexibility index (Phi) is 4.42. The number of rotatable bonds is 3. The molecule has 0 atom stereocenters. The Morgan fingerprint density at radius 3 is 1.61 bits per heavy atom. The zero-order chi connectivity index (χ0) is 12.4. The molecule has 0 aromatic carbocycles. The maximum Gasteiger partial charge on any atom is 0.175 e. The van der Waals surface area contributed by atoms with Gasteiger partial charge in [-0.25, -0.2) is 0 Å². The highest BCUT2D eigenvalue weighted by molar-refractivity contribution is 6.32. The summed E-state index contributed by atoms with van der Waals surface area (Å²) in [6.45, 7) is 2.41. The summed E-state index contributed by atoms with van der Waals surface area (Å²) in [5.74, 6) is 0. The lowest BCUT2D eigenvalue weighted by atomic mass is 9.93. The molecule has 3 heteroatoms. The Morgan fingerprint density at radius 2 is 1.22 bits per heavy atom. The molecule has 18 heavy (non-hydrogen) atoms. The minimum absolute atomic E-state index is 0.0485. The van der Waals surface area contributed by atoms with Gasteiger partial charge in [-0.3, -0.25) is 9.13 Å². The van der Waals surface area contributed by atoms with Gasteiger partial charge in [-0.15, -0.1) is 0 Å². The van der Waals surface area contributed by atoms with Crippen LogP contribution in [0.2, 0.25) is 0 Å². The largest absolute Gasteiger partial charge is 0.299 e. The normalized spacial score (nSPS) is 34.8. The van der Waals surface area contributed by atoms with Gasteiger partial charge in [0.15, 0.2) is 9.84 Å². The molecule has 0 bridgehead atoms. The first kappa shape index (κ1) is 13.1. The first-order chi connectivity index (χ1) is 8.90. The second kappa shape index (κ2) is 6.06. The molecule has 0 unspecified atom stereocenters. The Morgan fingerprint density at radius 1 is 0.778 bits per heavy atom. The molecule has 0 radical (unpaired) electrons. The Labute approximate surface area is 115 Å². The van der Waals surface area contributed by atoms with Crippen molar-refractivity contribution in [1.29, 1.82) is 0 Å². The summed E-state index contributed by atoms with van der Waals surface area (Å²) >= 11 is 0. The molecule has 0 aromatic heterocycles. The molecule has 3 fully saturated rings. The van der Waals surface area contributed by atoms with Crippen LogP contribution in [0, 0.1) is 0 Å². The third-order valence-electron chi connectivity index (χ3n) is 5.54. The maximum absolute atomic E-state index is 2.97. The van der Waals surface area contributed by atoms with Crippen molar-refractivity contribution >= 4 is 9.84 Å². The molecule has 1 aliphatic heterocycles. The van der Waals surface area contributed by atoms with E-state index in [4.69, 9.17) is 0 Å².